The lowest BCUT2D eigenvalue weighted by atomic mass is 10.1. The summed E-state index contributed by atoms with van der Waals surface area (Å²) in [5.41, 5.74) is 3.85. The molecule has 0 fully saturated rings. The van der Waals surface area contributed by atoms with E-state index in [0.29, 0.717) is 18.7 Å². The van der Waals surface area contributed by atoms with Gasteiger partial charge in [0.15, 0.2) is 6.10 Å². The Morgan fingerprint density at radius 1 is 1.17 bits per heavy atom. The normalized spacial score (nSPS) is 11.8. The summed E-state index contributed by atoms with van der Waals surface area (Å²) in [6, 6.07) is 11.5. The van der Waals surface area contributed by atoms with Crippen LogP contribution >= 0.6 is 22.9 Å². The number of hydrogen-bond donors (Lipinski definition) is 1. The van der Waals surface area contributed by atoms with Gasteiger partial charge in [-0.15, -0.1) is 11.3 Å². The van der Waals surface area contributed by atoms with Crippen LogP contribution in [0.2, 0.25) is 5.02 Å². The van der Waals surface area contributed by atoms with Crippen molar-refractivity contribution in [2.45, 2.75) is 33.3 Å². The van der Waals surface area contributed by atoms with Gasteiger partial charge in [-0.05, 0) is 68.3 Å². The Hall–Kier alpha value is -2.57. The SMILES string of the molecule is COc1ccc(-c2nc(CCNC(=O)[C@H](C)Oc3cc(C)c(Cl)c(C)c3)cs2)cc1. The highest BCUT2D eigenvalue weighted by Crippen LogP contribution is 2.27. The standard InChI is InChI=1S/C23H25ClN2O3S/c1-14-11-20(12-15(2)21(14)24)29-16(3)22(27)25-10-9-18-13-30-23(26-18)17-5-7-19(28-4)8-6-17/h5-8,11-13,16H,9-10H2,1-4H3,(H,25,27)/t16-/m0/s1. The van der Waals surface area contributed by atoms with E-state index in [9.17, 15) is 4.79 Å². The molecule has 0 spiro atoms. The van der Waals surface area contributed by atoms with E-state index in [4.69, 9.17) is 21.1 Å². The van der Waals surface area contributed by atoms with Gasteiger partial charge in [0.05, 0.1) is 12.8 Å². The lowest BCUT2D eigenvalue weighted by Crippen LogP contribution is -2.37. The molecule has 1 aromatic heterocycles. The van der Waals surface area contributed by atoms with Crippen LogP contribution in [0.3, 0.4) is 0 Å². The van der Waals surface area contributed by atoms with Crippen molar-refractivity contribution in [1.29, 1.82) is 0 Å². The van der Waals surface area contributed by atoms with Crippen LogP contribution in [0.25, 0.3) is 10.6 Å². The molecule has 1 atom stereocenters. The zero-order chi connectivity index (χ0) is 21.7. The van der Waals surface area contributed by atoms with Gasteiger partial charge in [0, 0.05) is 28.9 Å². The molecule has 3 aromatic rings. The second kappa shape index (κ2) is 9.96. The maximum atomic E-state index is 12.4. The molecule has 0 saturated heterocycles. The van der Waals surface area contributed by atoms with Crippen LogP contribution in [-0.4, -0.2) is 30.6 Å². The van der Waals surface area contributed by atoms with Crippen molar-refractivity contribution in [2.75, 3.05) is 13.7 Å². The van der Waals surface area contributed by atoms with Gasteiger partial charge >= 0.3 is 0 Å². The second-order valence-electron chi connectivity index (χ2n) is 7.04. The van der Waals surface area contributed by atoms with Gasteiger partial charge in [-0.1, -0.05) is 11.6 Å². The summed E-state index contributed by atoms with van der Waals surface area (Å²) in [7, 11) is 1.65. The highest BCUT2D eigenvalue weighted by atomic mass is 35.5. The number of methoxy groups -OCH3 is 1. The number of nitrogens with zero attached hydrogens (tertiary/aromatic N) is 1. The number of carbonyl (C=O) groups excluding carboxylic acids is 1. The first-order valence-corrected chi connectivity index (χ1v) is 10.9. The zero-order valence-corrected chi connectivity index (χ0v) is 19.1. The van der Waals surface area contributed by atoms with Crippen molar-refractivity contribution in [3.05, 3.63) is 63.6 Å². The lowest BCUT2D eigenvalue weighted by Gasteiger charge is -2.16. The summed E-state index contributed by atoms with van der Waals surface area (Å²) in [5, 5.41) is 6.60. The third-order valence-corrected chi connectivity index (χ3v) is 6.20. The van der Waals surface area contributed by atoms with Gasteiger partial charge < -0.3 is 14.8 Å². The molecule has 7 heteroatoms. The third kappa shape index (κ3) is 5.52. The molecule has 1 amide bonds. The van der Waals surface area contributed by atoms with Crippen LogP contribution in [0.1, 0.15) is 23.7 Å². The summed E-state index contributed by atoms with van der Waals surface area (Å²) in [6.07, 6.45) is 0.0554. The van der Waals surface area contributed by atoms with Crippen LogP contribution in [0.4, 0.5) is 0 Å². The number of aromatic nitrogens is 1. The van der Waals surface area contributed by atoms with Crippen LogP contribution in [0, 0.1) is 13.8 Å². The highest BCUT2D eigenvalue weighted by Gasteiger charge is 2.15. The van der Waals surface area contributed by atoms with Crippen LogP contribution < -0.4 is 14.8 Å². The summed E-state index contributed by atoms with van der Waals surface area (Å²) < 4.78 is 11.0. The number of halogens is 1. The molecule has 0 radical (unpaired) electrons. The molecule has 0 bridgehead atoms. The summed E-state index contributed by atoms with van der Waals surface area (Å²) in [6.45, 7) is 6.07. The maximum Gasteiger partial charge on any atom is 0.260 e. The minimum absolute atomic E-state index is 0.161. The van der Waals surface area contributed by atoms with Crippen LogP contribution in [0.15, 0.2) is 41.8 Å². The van der Waals surface area contributed by atoms with Crippen LogP contribution in [-0.2, 0) is 11.2 Å². The lowest BCUT2D eigenvalue weighted by molar-refractivity contribution is -0.127. The predicted octanol–water partition coefficient (Wildman–Crippen LogP) is 5.22. The van der Waals surface area contributed by atoms with Crippen molar-refractivity contribution < 1.29 is 14.3 Å². The quantitative estimate of drug-likeness (QED) is 0.517. The molecule has 0 unspecified atom stereocenters. The van der Waals surface area contributed by atoms with Crippen molar-refractivity contribution in [3.63, 3.8) is 0 Å². The Labute approximate surface area is 186 Å². The number of hydrogen-bond acceptors (Lipinski definition) is 5. The average molecular weight is 445 g/mol. The third-order valence-electron chi connectivity index (χ3n) is 4.66. The first-order chi connectivity index (χ1) is 14.4. The van der Waals surface area contributed by atoms with E-state index < -0.39 is 6.10 Å². The zero-order valence-electron chi connectivity index (χ0n) is 17.5. The number of nitrogens with one attached hydrogen (secondary N) is 1. The van der Waals surface area contributed by atoms with E-state index in [2.05, 4.69) is 10.3 Å². The van der Waals surface area contributed by atoms with Crippen molar-refractivity contribution in [1.82, 2.24) is 10.3 Å². The molecule has 0 aliphatic carbocycles. The molecule has 158 valence electrons. The fourth-order valence-corrected chi connectivity index (χ4v) is 3.95. The van der Waals surface area contributed by atoms with Crippen molar-refractivity contribution in [3.8, 4) is 22.1 Å². The van der Waals surface area contributed by atoms with Gasteiger partial charge in [0.2, 0.25) is 0 Å². The number of ether oxygens (including phenoxy) is 2. The Morgan fingerprint density at radius 3 is 2.47 bits per heavy atom. The molecular formula is C23H25ClN2O3S. The van der Waals surface area contributed by atoms with Crippen LogP contribution in [0.5, 0.6) is 11.5 Å². The summed E-state index contributed by atoms with van der Waals surface area (Å²) in [4.78, 5) is 17.0. The van der Waals surface area contributed by atoms with E-state index in [1.165, 1.54) is 0 Å². The predicted molar refractivity (Wildman–Crippen MR) is 122 cm³/mol. The molecule has 0 aliphatic heterocycles. The highest BCUT2D eigenvalue weighted by molar-refractivity contribution is 7.13. The maximum absolute atomic E-state index is 12.4. The summed E-state index contributed by atoms with van der Waals surface area (Å²) >= 11 is 7.77. The number of amides is 1. The molecule has 3 rings (SSSR count). The summed E-state index contributed by atoms with van der Waals surface area (Å²) in [5.74, 6) is 1.30. The van der Waals surface area contributed by atoms with E-state index in [0.717, 1.165) is 38.2 Å². The molecule has 1 N–H and O–H groups in total. The second-order valence-corrected chi connectivity index (χ2v) is 8.28. The van der Waals surface area contributed by atoms with Gasteiger partial charge in [-0.3, -0.25) is 4.79 Å². The smallest absolute Gasteiger partial charge is 0.260 e. The Kier molecular flexibility index (Phi) is 7.34. The van der Waals surface area contributed by atoms with Crippen molar-refractivity contribution >= 4 is 28.8 Å². The fourth-order valence-electron chi connectivity index (χ4n) is 2.98. The topological polar surface area (TPSA) is 60.5 Å². The number of carbonyl (C=O) groups is 1. The van der Waals surface area contributed by atoms with E-state index >= 15 is 0 Å². The first kappa shape index (κ1) is 22.1. The molecule has 1 heterocycles. The van der Waals surface area contributed by atoms with Gasteiger partial charge in [-0.25, -0.2) is 4.98 Å². The van der Waals surface area contributed by atoms with E-state index in [-0.39, 0.29) is 5.91 Å². The monoisotopic (exact) mass is 444 g/mol. The minimum Gasteiger partial charge on any atom is -0.497 e. The van der Waals surface area contributed by atoms with Gasteiger partial charge in [-0.2, -0.15) is 0 Å². The Morgan fingerprint density at radius 2 is 1.83 bits per heavy atom. The molecular weight excluding hydrogens is 420 g/mol. The average Bonchev–Trinajstić information content (AvgIpc) is 3.20. The Balaban J connectivity index is 1.50. The Bertz CT molecular complexity index is 995. The van der Waals surface area contributed by atoms with E-state index in [1.807, 2.05) is 55.6 Å². The number of thiazole rings is 1. The number of aryl methyl sites for hydroxylation is 2. The minimum atomic E-state index is -0.602. The molecule has 5 nitrogen and oxygen atoms in total. The van der Waals surface area contributed by atoms with Gasteiger partial charge in [0.1, 0.15) is 16.5 Å². The number of benzene rings is 2. The van der Waals surface area contributed by atoms with Gasteiger partial charge in [0.25, 0.3) is 5.91 Å². The fraction of sp³-hybridized carbons (Fsp3) is 0.304. The molecule has 2 aromatic carbocycles. The molecule has 30 heavy (non-hydrogen) atoms. The van der Waals surface area contributed by atoms with Crippen molar-refractivity contribution in [2.24, 2.45) is 0 Å². The first-order valence-electron chi connectivity index (χ1n) is 9.67. The number of rotatable bonds is 8. The molecule has 0 aliphatic rings. The van der Waals surface area contributed by atoms with E-state index in [1.54, 1.807) is 25.4 Å². The molecule has 0 saturated carbocycles. The largest absolute Gasteiger partial charge is 0.497 e.